The molecule has 1 heterocycles. The molecule has 0 spiro atoms. The fraction of sp³-hybridized carbons (Fsp3) is 0.500. The molecule has 0 bridgehead atoms. The maximum absolute atomic E-state index is 12.1. The summed E-state index contributed by atoms with van der Waals surface area (Å²) in [5.41, 5.74) is 1.60. The van der Waals surface area contributed by atoms with E-state index in [1.807, 2.05) is 38.1 Å². The summed E-state index contributed by atoms with van der Waals surface area (Å²) in [4.78, 5) is 27.2. The highest BCUT2D eigenvalue weighted by Gasteiger charge is 2.27. The van der Waals surface area contributed by atoms with Gasteiger partial charge in [-0.25, -0.2) is 0 Å². The zero-order valence-corrected chi connectivity index (χ0v) is 15.7. The standard InChI is InChI=1S/C20H28N2O3/c1-19(2,3)13-20(4,5)22-17(23)12-25-18(24)10-14-11-21-16-9-7-6-8-15(14)16/h6-9,11,21H,10,12-13H2,1-5H3,(H,22,23). The van der Waals surface area contributed by atoms with Gasteiger partial charge in [0.25, 0.3) is 5.91 Å². The van der Waals surface area contributed by atoms with E-state index in [-0.39, 0.29) is 29.9 Å². The molecule has 1 aromatic heterocycles. The molecule has 0 aliphatic rings. The van der Waals surface area contributed by atoms with Crippen molar-refractivity contribution in [2.75, 3.05) is 6.61 Å². The molecule has 0 saturated heterocycles. The van der Waals surface area contributed by atoms with Crippen LogP contribution in [0.2, 0.25) is 0 Å². The Hall–Kier alpha value is -2.30. The SMILES string of the molecule is CC(C)(C)CC(C)(C)NC(=O)COC(=O)Cc1c[nH]c2ccccc12. The van der Waals surface area contributed by atoms with Gasteiger partial charge >= 0.3 is 5.97 Å². The van der Waals surface area contributed by atoms with Gasteiger partial charge in [0, 0.05) is 22.6 Å². The molecule has 2 aromatic rings. The number of fused-ring (bicyclic) bond motifs is 1. The van der Waals surface area contributed by atoms with Crippen LogP contribution in [0.25, 0.3) is 10.9 Å². The maximum Gasteiger partial charge on any atom is 0.310 e. The number of carbonyl (C=O) groups excluding carboxylic acids is 2. The number of esters is 1. The third kappa shape index (κ3) is 5.93. The second kappa shape index (κ2) is 7.30. The lowest BCUT2D eigenvalue weighted by Gasteiger charge is -2.33. The van der Waals surface area contributed by atoms with E-state index in [9.17, 15) is 9.59 Å². The van der Waals surface area contributed by atoms with Gasteiger partial charge in [0.2, 0.25) is 0 Å². The summed E-state index contributed by atoms with van der Waals surface area (Å²) >= 11 is 0. The largest absolute Gasteiger partial charge is 0.455 e. The predicted molar refractivity (Wildman–Crippen MR) is 99.3 cm³/mol. The third-order valence-electron chi connectivity index (χ3n) is 3.82. The Bertz CT molecular complexity index is 754. The molecule has 0 aliphatic carbocycles. The van der Waals surface area contributed by atoms with Gasteiger partial charge in [-0.15, -0.1) is 0 Å². The molecule has 1 aromatic carbocycles. The first kappa shape index (κ1) is 19.0. The van der Waals surface area contributed by atoms with Crippen molar-refractivity contribution < 1.29 is 14.3 Å². The number of aromatic nitrogens is 1. The van der Waals surface area contributed by atoms with Crippen molar-refractivity contribution in [2.45, 2.75) is 53.0 Å². The summed E-state index contributed by atoms with van der Waals surface area (Å²) < 4.78 is 5.14. The summed E-state index contributed by atoms with van der Waals surface area (Å²) in [5, 5.41) is 3.93. The number of hydrogen-bond donors (Lipinski definition) is 2. The molecule has 0 unspecified atom stereocenters. The third-order valence-corrected chi connectivity index (χ3v) is 3.82. The number of hydrogen-bond acceptors (Lipinski definition) is 3. The summed E-state index contributed by atoms with van der Waals surface area (Å²) in [5.74, 6) is -0.685. The van der Waals surface area contributed by atoms with Crippen LogP contribution in [0.1, 0.15) is 46.6 Å². The van der Waals surface area contributed by atoms with E-state index in [4.69, 9.17) is 4.74 Å². The van der Waals surface area contributed by atoms with Crippen molar-refractivity contribution in [1.29, 1.82) is 0 Å². The molecule has 1 amide bonds. The quantitative estimate of drug-likeness (QED) is 0.787. The van der Waals surface area contributed by atoms with E-state index >= 15 is 0 Å². The van der Waals surface area contributed by atoms with Crippen molar-refractivity contribution in [2.24, 2.45) is 5.41 Å². The summed E-state index contributed by atoms with van der Waals surface area (Å²) in [7, 11) is 0. The number of nitrogens with one attached hydrogen (secondary N) is 2. The Labute approximate surface area is 149 Å². The van der Waals surface area contributed by atoms with E-state index in [1.165, 1.54) is 0 Å². The number of aromatic amines is 1. The smallest absolute Gasteiger partial charge is 0.310 e. The van der Waals surface area contributed by atoms with Gasteiger partial charge in [-0.05, 0) is 37.3 Å². The van der Waals surface area contributed by atoms with Crippen LogP contribution in [-0.4, -0.2) is 29.0 Å². The lowest BCUT2D eigenvalue weighted by Crippen LogP contribution is -2.47. The number of amides is 1. The topological polar surface area (TPSA) is 71.2 Å². The summed E-state index contributed by atoms with van der Waals surface area (Å²) in [6.45, 7) is 10.1. The van der Waals surface area contributed by atoms with Crippen molar-refractivity contribution in [3.8, 4) is 0 Å². The highest BCUT2D eigenvalue weighted by Crippen LogP contribution is 2.26. The first-order chi connectivity index (χ1) is 11.6. The van der Waals surface area contributed by atoms with E-state index < -0.39 is 5.97 Å². The van der Waals surface area contributed by atoms with Gasteiger partial charge in [-0.2, -0.15) is 0 Å². The molecule has 0 fully saturated rings. The maximum atomic E-state index is 12.1. The second-order valence-corrected chi connectivity index (χ2v) is 8.37. The number of ether oxygens (including phenoxy) is 1. The number of para-hydroxylation sites is 1. The molecular formula is C20H28N2O3. The number of rotatable bonds is 6. The molecule has 0 atom stereocenters. The average Bonchev–Trinajstić information content (AvgIpc) is 2.85. The Balaban J connectivity index is 1.84. The Morgan fingerprint density at radius 1 is 1.12 bits per heavy atom. The van der Waals surface area contributed by atoms with Crippen LogP contribution >= 0.6 is 0 Å². The fourth-order valence-electron chi connectivity index (χ4n) is 3.41. The Morgan fingerprint density at radius 3 is 2.48 bits per heavy atom. The van der Waals surface area contributed by atoms with Crippen LogP contribution in [-0.2, 0) is 20.7 Å². The first-order valence-electron chi connectivity index (χ1n) is 8.57. The molecule has 25 heavy (non-hydrogen) atoms. The lowest BCUT2D eigenvalue weighted by atomic mass is 9.82. The fourth-order valence-corrected chi connectivity index (χ4v) is 3.41. The van der Waals surface area contributed by atoms with Crippen molar-refractivity contribution in [3.05, 3.63) is 36.0 Å². The van der Waals surface area contributed by atoms with E-state index in [0.717, 1.165) is 22.9 Å². The number of H-pyrrole nitrogens is 1. The molecule has 136 valence electrons. The minimum Gasteiger partial charge on any atom is -0.455 e. The molecule has 5 heteroatoms. The molecule has 2 N–H and O–H groups in total. The van der Waals surface area contributed by atoms with Crippen molar-refractivity contribution >= 4 is 22.8 Å². The minimum absolute atomic E-state index is 0.1000. The van der Waals surface area contributed by atoms with Crippen LogP contribution in [0.4, 0.5) is 0 Å². The molecule has 0 radical (unpaired) electrons. The van der Waals surface area contributed by atoms with Gasteiger partial charge in [-0.1, -0.05) is 39.0 Å². The predicted octanol–water partition coefficient (Wildman–Crippen LogP) is 3.58. The minimum atomic E-state index is -0.409. The van der Waals surface area contributed by atoms with Crippen molar-refractivity contribution in [3.63, 3.8) is 0 Å². The summed E-state index contributed by atoms with van der Waals surface area (Å²) in [6, 6.07) is 7.77. The lowest BCUT2D eigenvalue weighted by molar-refractivity contribution is -0.148. The highest BCUT2D eigenvalue weighted by atomic mass is 16.5. The van der Waals surface area contributed by atoms with E-state index in [1.54, 1.807) is 6.20 Å². The highest BCUT2D eigenvalue weighted by molar-refractivity contribution is 5.88. The van der Waals surface area contributed by atoms with Crippen LogP contribution in [0, 0.1) is 5.41 Å². The average molecular weight is 344 g/mol. The number of benzene rings is 1. The Morgan fingerprint density at radius 2 is 1.80 bits per heavy atom. The van der Waals surface area contributed by atoms with E-state index in [2.05, 4.69) is 31.1 Å². The normalized spacial score (nSPS) is 12.2. The molecule has 2 rings (SSSR count). The second-order valence-electron chi connectivity index (χ2n) is 8.37. The van der Waals surface area contributed by atoms with Gasteiger partial charge in [0.15, 0.2) is 6.61 Å². The molecule has 0 aliphatic heterocycles. The zero-order valence-electron chi connectivity index (χ0n) is 15.7. The summed E-state index contributed by atoms with van der Waals surface area (Å²) in [6.07, 6.45) is 2.77. The van der Waals surface area contributed by atoms with Gasteiger partial charge < -0.3 is 15.0 Å². The van der Waals surface area contributed by atoms with Gasteiger partial charge in [0.1, 0.15) is 0 Å². The monoisotopic (exact) mass is 344 g/mol. The van der Waals surface area contributed by atoms with Crippen LogP contribution in [0.15, 0.2) is 30.5 Å². The number of carbonyl (C=O) groups is 2. The molecule has 5 nitrogen and oxygen atoms in total. The van der Waals surface area contributed by atoms with Gasteiger partial charge in [0.05, 0.1) is 6.42 Å². The first-order valence-corrected chi connectivity index (χ1v) is 8.57. The molecule has 0 saturated carbocycles. The van der Waals surface area contributed by atoms with E-state index in [0.29, 0.717) is 0 Å². The Kier molecular flexibility index (Phi) is 5.55. The van der Waals surface area contributed by atoms with Crippen LogP contribution < -0.4 is 5.32 Å². The van der Waals surface area contributed by atoms with Crippen LogP contribution in [0.3, 0.4) is 0 Å². The zero-order chi connectivity index (χ0) is 18.7. The van der Waals surface area contributed by atoms with Gasteiger partial charge in [-0.3, -0.25) is 9.59 Å². The molecular weight excluding hydrogens is 316 g/mol. The van der Waals surface area contributed by atoms with Crippen molar-refractivity contribution in [1.82, 2.24) is 10.3 Å². The van der Waals surface area contributed by atoms with Crippen LogP contribution in [0.5, 0.6) is 0 Å².